The first-order valence-electron chi connectivity index (χ1n) is 15.6. The number of rotatable bonds is 4. The molecule has 0 saturated carbocycles. The van der Waals surface area contributed by atoms with Crippen molar-refractivity contribution in [1.82, 2.24) is 0 Å². The molecule has 0 spiro atoms. The van der Waals surface area contributed by atoms with Gasteiger partial charge in [-0.25, -0.2) is 0 Å². The molecule has 0 amide bonds. The number of fused-ring (bicyclic) bond motifs is 4. The summed E-state index contributed by atoms with van der Waals surface area (Å²) in [5.41, 5.74) is 14.2. The predicted octanol–water partition coefficient (Wildman–Crippen LogP) is 7.21. The summed E-state index contributed by atoms with van der Waals surface area (Å²) in [6, 6.07) is 52.1. The molecule has 0 saturated heterocycles. The lowest BCUT2D eigenvalue weighted by Gasteiger charge is -2.46. The van der Waals surface area contributed by atoms with E-state index in [2.05, 4.69) is 176 Å². The van der Waals surface area contributed by atoms with E-state index >= 15 is 0 Å². The molecule has 0 radical (unpaired) electrons. The fraction of sp³-hybridized carbons (Fsp3) is 0.100. The molecule has 8 rings (SSSR count). The highest BCUT2D eigenvalue weighted by Gasteiger charge is 2.46. The minimum Gasteiger partial charge on any atom is -0.312 e. The molecular formula is C40H35BN2Si. The van der Waals surface area contributed by atoms with Crippen LogP contribution in [0.15, 0.2) is 140 Å². The average molecular weight is 583 g/mol. The average Bonchev–Trinajstić information content (AvgIpc) is 3.06. The Kier molecular flexibility index (Phi) is 6.18. The van der Waals surface area contributed by atoms with Crippen molar-refractivity contribution in [1.29, 1.82) is 0 Å². The first-order chi connectivity index (χ1) is 21.4. The predicted molar refractivity (Wildman–Crippen MR) is 193 cm³/mol. The Labute approximate surface area is 262 Å². The van der Waals surface area contributed by atoms with Gasteiger partial charge in [0.2, 0.25) is 0 Å². The number of hydrogen-bond acceptors (Lipinski definition) is 2. The molecule has 2 aliphatic heterocycles. The van der Waals surface area contributed by atoms with Crippen LogP contribution in [0.1, 0.15) is 11.1 Å². The second-order valence-corrected chi connectivity index (χ2v) is 17.1. The van der Waals surface area contributed by atoms with Gasteiger partial charge in [-0.15, -0.1) is 0 Å². The zero-order valence-corrected chi connectivity index (χ0v) is 26.8. The monoisotopic (exact) mass is 582 g/mol. The van der Waals surface area contributed by atoms with E-state index < -0.39 is 8.07 Å². The number of benzene rings is 6. The van der Waals surface area contributed by atoms with Crippen molar-refractivity contribution in [2.75, 3.05) is 9.80 Å². The van der Waals surface area contributed by atoms with Gasteiger partial charge in [0.25, 0.3) is 6.71 Å². The highest BCUT2D eigenvalue weighted by atomic mass is 28.3. The smallest absolute Gasteiger partial charge is 0.252 e. The summed E-state index contributed by atoms with van der Waals surface area (Å²) in [5.74, 6) is 0. The van der Waals surface area contributed by atoms with Gasteiger partial charge in [-0.2, -0.15) is 0 Å². The van der Waals surface area contributed by atoms with Crippen molar-refractivity contribution in [2.45, 2.75) is 26.9 Å². The van der Waals surface area contributed by atoms with E-state index in [1.165, 1.54) is 72.0 Å². The number of anilines is 6. The SMILES string of the molecule is Cc1ccc(N2c3ccc(C)cc3B3c4ccccc4N(c4ccccc4)c4ccc([Si](C)(C)c5ccccc5)c2c43)cc1. The van der Waals surface area contributed by atoms with E-state index in [1.54, 1.807) is 0 Å². The second-order valence-electron chi connectivity index (χ2n) is 12.8. The number of hydrogen-bond donors (Lipinski definition) is 0. The molecule has 0 N–H and O–H groups in total. The molecule has 44 heavy (non-hydrogen) atoms. The van der Waals surface area contributed by atoms with Crippen LogP contribution >= 0.6 is 0 Å². The van der Waals surface area contributed by atoms with Crippen LogP contribution in [0.3, 0.4) is 0 Å². The lowest BCUT2D eigenvalue weighted by molar-refractivity contribution is 1.25. The lowest BCUT2D eigenvalue weighted by atomic mass is 9.33. The van der Waals surface area contributed by atoms with E-state index in [9.17, 15) is 0 Å². The van der Waals surface area contributed by atoms with Gasteiger partial charge in [0.05, 0.1) is 0 Å². The Morgan fingerprint density at radius 3 is 1.84 bits per heavy atom. The third-order valence-electron chi connectivity index (χ3n) is 9.65. The minimum absolute atomic E-state index is 0.133. The topological polar surface area (TPSA) is 6.48 Å². The molecule has 2 heterocycles. The fourth-order valence-electron chi connectivity index (χ4n) is 7.42. The zero-order chi connectivity index (χ0) is 30.0. The molecule has 0 aliphatic carbocycles. The molecule has 4 heteroatoms. The van der Waals surface area contributed by atoms with Crippen molar-refractivity contribution in [3.63, 3.8) is 0 Å². The van der Waals surface area contributed by atoms with Crippen LogP contribution in [0.2, 0.25) is 13.1 Å². The Balaban J connectivity index is 1.52. The Morgan fingerprint density at radius 2 is 1.09 bits per heavy atom. The summed E-state index contributed by atoms with van der Waals surface area (Å²) in [7, 11) is -2.15. The van der Waals surface area contributed by atoms with Crippen LogP contribution in [0.4, 0.5) is 34.1 Å². The fourth-order valence-corrected chi connectivity index (χ4v) is 10.1. The highest BCUT2D eigenvalue weighted by molar-refractivity contribution is 7.04. The largest absolute Gasteiger partial charge is 0.312 e. The van der Waals surface area contributed by atoms with Gasteiger partial charge in [0.1, 0.15) is 8.07 Å². The Hall–Kier alpha value is -4.80. The molecule has 0 unspecified atom stereocenters. The molecule has 2 nitrogen and oxygen atoms in total. The van der Waals surface area contributed by atoms with E-state index in [0.717, 1.165) is 0 Å². The number of nitrogens with zero attached hydrogens (tertiary/aromatic N) is 2. The van der Waals surface area contributed by atoms with Crippen LogP contribution in [-0.4, -0.2) is 14.8 Å². The molecule has 0 atom stereocenters. The molecule has 2 aliphatic rings. The highest BCUT2D eigenvalue weighted by Crippen LogP contribution is 2.43. The summed E-state index contributed by atoms with van der Waals surface area (Å²) in [6.45, 7) is 9.55. The van der Waals surface area contributed by atoms with Gasteiger partial charge >= 0.3 is 0 Å². The maximum atomic E-state index is 2.58. The molecule has 0 bridgehead atoms. The van der Waals surface area contributed by atoms with Gasteiger partial charge < -0.3 is 9.80 Å². The Bertz CT molecular complexity index is 2020. The molecular weight excluding hydrogens is 547 g/mol. The third-order valence-corrected chi connectivity index (χ3v) is 13.2. The lowest BCUT2D eigenvalue weighted by Crippen LogP contribution is -2.65. The second kappa shape index (κ2) is 10.1. The summed E-state index contributed by atoms with van der Waals surface area (Å²) in [6.07, 6.45) is 0. The minimum atomic E-state index is -2.15. The van der Waals surface area contributed by atoms with Crippen LogP contribution in [0, 0.1) is 13.8 Å². The first kappa shape index (κ1) is 26.8. The molecule has 6 aromatic rings. The van der Waals surface area contributed by atoms with Gasteiger partial charge in [0, 0.05) is 34.1 Å². The summed E-state index contributed by atoms with van der Waals surface area (Å²) < 4.78 is 0. The van der Waals surface area contributed by atoms with Gasteiger partial charge in [-0.1, -0.05) is 126 Å². The maximum absolute atomic E-state index is 2.58. The molecule has 212 valence electrons. The Morgan fingerprint density at radius 1 is 0.500 bits per heavy atom. The van der Waals surface area contributed by atoms with Gasteiger partial charge in [-0.3, -0.25) is 0 Å². The first-order valence-corrected chi connectivity index (χ1v) is 18.6. The van der Waals surface area contributed by atoms with Crippen molar-refractivity contribution >= 4 is 75.7 Å². The number of aryl methyl sites for hydroxylation is 2. The van der Waals surface area contributed by atoms with Crippen molar-refractivity contribution in [2.24, 2.45) is 0 Å². The summed E-state index contributed by atoms with van der Waals surface area (Å²) >= 11 is 0. The van der Waals surface area contributed by atoms with Crippen LogP contribution in [-0.2, 0) is 0 Å². The van der Waals surface area contributed by atoms with E-state index in [0.29, 0.717) is 0 Å². The molecule has 0 aromatic heterocycles. The standard InChI is InChI=1S/C40H35BN2Si/c1-28-19-22-31(23-20-28)43-36-24-21-29(2)27-34(36)41-33-17-11-12-18-35(33)42(30-13-7-5-8-14-30)37-25-26-38(40(43)39(37)41)44(3,4)32-15-9-6-10-16-32/h5-27H,1-4H3. The van der Waals surface area contributed by atoms with Crippen LogP contribution in [0.25, 0.3) is 0 Å². The summed E-state index contributed by atoms with van der Waals surface area (Å²) in [5, 5.41) is 2.91. The van der Waals surface area contributed by atoms with E-state index in [4.69, 9.17) is 0 Å². The normalized spacial score (nSPS) is 13.3. The van der Waals surface area contributed by atoms with Crippen LogP contribution in [0.5, 0.6) is 0 Å². The maximum Gasteiger partial charge on any atom is 0.252 e. The van der Waals surface area contributed by atoms with E-state index in [1.807, 2.05) is 0 Å². The van der Waals surface area contributed by atoms with E-state index in [-0.39, 0.29) is 6.71 Å². The molecule has 6 aromatic carbocycles. The number of para-hydroxylation sites is 2. The van der Waals surface area contributed by atoms with Crippen molar-refractivity contribution in [3.05, 3.63) is 151 Å². The summed E-state index contributed by atoms with van der Waals surface area (Å²) in [4.78, 5) is 5.06. The van der Waals surface area contributed by atoms with Crippen LogP contribution < -0.4 is 36.6 Å². The zero-order valence-electron chi connectivity index (χ0n) is 25.8. The molecule has 0 fully saturated rings. The van der Waals surface area contributed by atoms with Crippen molar-refractivity contribution < 1.29 is 0 Å². The van der Waals surface area contributed by atoms with Crippen molar-refractivity contribution in [3.8, 4) is 0 Å². The van der Waals surface area contributed by atoms with Gasteiger partial charge in [0.15, 0.2) is 0 Å². The quantitative estimate of drug-likeness (QED) is 0.203. The third kappa shape index (κ3) is 4.01. The van der Waals surface area contributed by atoms with Gasteiger partial charge in [-0.05, 0) is 77.9 Å².